The van der Waals surface area contributed by atoms with Gasteiger partial charge in [-0.2, -0.15) is 0 Å². The van der Waals surface area contributed by atoms with E-state index in [9.17, 15) is 18.8 Å². The number of nitrogens with one attached hydrogen (secondary N) is 1. The predicted molar refractivity (Wildman–Crippen MR) is 94.2 cm³/mol. The molecule has 1 N–H and O–H groups in total. The molecule has 2 amide bonds. The molecule has 128 valence electrons. The maximum atomic E-state index is 13.2. The van der Waals surface area contributed by atoms with E-state index in [0.29, 0.717) is 21.0 Å². The highest BCUT2D eigenvalue weighted by atomic mass is 32.1. The van der Waals surface area contributed by atoms with Crippen LogP contribution in [0.1, 0.15) is 17.3 Å². The Labute approximate surface area is 145 Å². The number of hydrogen-bond acceptors (Lipinski definition) is 5. The summed E-state index contributed by atoms with van der Waals surface area (Å²) in [4.78, 5) is 36.8. The second-order valence-corrected chi connectivity index (χ2v) is 6.38. The summed E-state index contributed by atoms with van der Waals surface area (Å²) in [5, 5.41) is 3.08. The Morgan fingerprint density at radius 2 is 2.00 bits per heavy atom. The molecule has 2 heterocycles. The summed E-state index contributed by atoms with van der Waals surface area (Å²) < 4.78 is 18.9. The van der Waals surface area contributed by atoms with Gasteiger partial charge in [-0.05, 0) is 31.2 Å². The normalized spacial score (nSPS) is 10.7. The van der Waals surface area contributed by atoms with Crippen molar-refractivity contribution in [1.82, 2.24) is 0 Å². The van der Waals surface area contributed by atoms with Gasteiger partial charge in [0, 0.05) is 18.8 Å². The lowest BCUT2D eigenvalue weighted by atomic mass is 10.2. The van der Waals surface area contributed by atoms with Crippen molar-refractivity contribution in [2.24, 2.45) is 0 Å². The van der Waals surface area contributed by atoms with Crippen LogP contribution >= 0.6 is 11.3 Å². The maximum absolute atomic E-state index is 13.2. The number of benzene rings is 1. The fourth-order valence-electron chi connectivity index (χ4n) is 2.19. The van der Waals surface area contributed by atoms with E-state index in [0.717, 1.165) is 0 Å². The summed E-state index contributed by atoms with van der Waals surface area (Å²) in [5.74, 6) is -0.844. The van der Waals surface area contributed by atoms with Crippen LogP contribution in [0, 0.1) is 5.82 Å². The molecule has 3 rings (SSSR count). The zero-order valence-electron chi connectivity index (χ0n) is 13.3. The van der Waals surface area contributed by atoms with E-state index in [2.05, 4.69) is 5.32 Å². The standard InChI is InChI=1S/C17H13FN2O4S/c1-9(21)12-7-14-13(24-16(12)22)8-15(25-14)20(2)17(23)19-11-5-3-4-10(18)6-11/h3-8H,1-2H3,(H,19,23). The van der Waals surface area contributed by atoms with Crippen LogP contribution < -0.4 is 15.8 Å². The molecule has 0 spiro atoms. The molecule has 0 bridgehead atoms. The quantitative estimate of drug-likeness (QED) is 0.719. The Kier molecular flexibility index (Phi) is 4.37. The van der Waals surface area contributed by atoms with Crippen LogP contribution in [0.3, 0.4) is 0 Å². The number of halogens is 1. The lowest BCUT2D eigenvalue weighted by molar-refractivity contribution is 0.101. The van der Waals surface area contributed by atoms with E-state index in [4.69, 9.17) is 4.42 Å². The fourth-order valence-corrected chi connectivity index (χ4v) is 3.17. The number of ketones is 1. The van der Waals surface area contributed by atoms with Crippen LogP contribution in [0.25, 0.3) is 10.3 Å². The molecule has 2 aromatic heterocycles. The third-order valence-electron chi connectivity index (χ3n) is 3.50. The highest BCUT2D eigenvalue weighted by Crippen LogP contribution is 2.32. The molecule has 0 aliphatic heterocycles. The summed E-state index contributed by atoms with van der Waals surface area (Å²) in [7, 11) is 1.53. The van der Waals surface area contributed by atoms with Gasteiger partial charge in [-0.15, -0.1) is 11.3 Å². The molecule has 0 aliphatic carbocycles. The first kappa shape index (κ1) is 16.8. The van der Waals surface area contributed by atoms with Gasteiger partial charge in [-0.1, -0.05) is 6.07 Å². The van der Waals surface area contributed by atoms with E-state index in [1.807, 2.05) is 0 Å². The molecule has 0 fully saturated rings. The molecule has 0 atom stereocenters. The molecule has 0 aliphatic rings. The van der Waals surface area contributed by atoms with Crippen molar-refractivity contribution >= 4 is 44.1 Å². The number of rotatable bonds is 3. The third-order valence-corrected chi connectivity index (χ3v) is 4.64. The average molecular weight is 360 g/mol. The van der Waals surface area contributed by atoms with Gasteiger partial charge in [-0.25, -0.2) is 14.0 Å². The minimum Gasteiger partial charge on any atom is -0.421 e. The van der Waals surface area contributed by atoms with E-state index >= 15 is 0 Å². The number of anilines is 2. The summed E-state index contributed by atoms with van der Waals surface area (Å²) >= 11 is 1.19. The van der Waals surface area contributed by atoms with Crippen molar-refractivity contribution < 1.29 is 18.4 Å². The number of carbonyl (C=O) groups excluding carboxylic acids is 2. The molecule has 25 heavy (non-hydrogen) atoms. The van der Waals surface area contributed by atoms with Crippen LogP contribution in [0.15, 0.2) is 45.6 Å². The smallest absolute Gasteiger partial charge is 0.347 e. The summed E-state index contributed by atoms with van der Waals surface area (Å²) in [6, 6.07) is 8.05. The number of Topliss-reactive ketones (excluding diaryl/α,β-unsaturated/α-hetero) is 1. The largest absolute Gasteiger partial charge is 0.421 e. The molecule has 3 aromatic rings. The van der Waals surface area contributed by atoms with Crippen molar-refractivity contribution in [3.05, 3.63) is 58.2 Å². The number of fused-ring (bicyclic) bond motifs is 1. The predicted octanol–water partition coefficient (Wildman–Crippen LogP) is 3.86. The van der Waals surface area contributed by atoms with Crippen molar-refractivity contribution in [2.75, 3.05) is 17.3 Å². The van der Waals surface area contributed by atoms with Gasteiger partial charge < -0.3 is 9.73 Å². The zero-order chi connectivity index (χ0) is 18.1. The number of urea groups is 1. The highest BCUT2D eigenvalue weighted by Gasteiger charge is 2.17. The van der Waals surface area contributed by atoms with E-state index in [-0.39, 0.29) is 11.3 Å². The first-order chi connectivity index (χ1) is 11.8. The van der Waals surface area contributed by atoms with E-state index in [1.165, 1.54) is 60.5 Å². The Balaban J connectivity index is 1.88. The second-order valence-electron chi connectivity index (χ2n) is 5.32. The monoisotopic (exact) mass is 360 g/mol. The fraction of sp³-hybridized carbons (Fsp3) is 0.118. The second kappa shape index (κ2) is 6.48. The Bertz CT molecular complexity index is 1040. The molecule has 0 unspecified atom stereocenters. The van der Waals surface area contributed by atoms with Crippen molar-refractivity contribution in [1.29, 1.82) is 0 Å². The minimum atomic E-state index is -0.712. The van der Waals surface area contributed by atoms with Gasteiger partial charge in [0.15, 0.2) is 11.4 Å². The third kappa shape index (κ3) is 3.43. The first-order valence-corrected chi connectivity index (χ1v) is 8.05. The van der Waals surface area contributed by atoms with Crippen molar-refractivity contribution in [2.45, 2.75) is 6.92 Å². The van der Waals surface area contributed by atoms with E-state index in [1.54, 1.807) is 6.07 Å². The lowest BCUT2D eigenvalue weighted by Crippen LogP contribution is -2.30. The Morgan fingerprint density at radius 1 is 1.24 bits per heavy atom. The van der Waals surface area contributed by atoms with Crippen molar-refractivity contribution in [3.63, 3.8) is 0 Å². The van der Waals surface area contributed by atoms with Gasteiger partial charge in [-0.3, -0.25) is 9.69 Å². The van der Waals surface area contributed by atoms with Gasteiger partial charge >= 0.3 is 11.7 Å². The van der Waals surface area contributed by atoms with Gasteiger partial charge in [0.1, 0.15) is 16.4 Å². The zero-order valence-corrected chi connectivity index (χ0v) is 14.1. The van der Waals surface area contributed by atoms with Crippen LogP contribution in [-0.2, 0) is 0 Å². The lowest BCUT2D eigenvalue weighted by Gasteiger charge is -2.15. The molecule has 6 nitrogen and oxygen atoms in total. The molecule has 8 heteroatoms. The van der Waals surface area contributed by atoms with E-state index < -0.39 is 17.5 Å². The SMILES string of the molecule is CC(=O)c1cc2sc(N(C)C(=O)Nc3cccc(F)c3)cc2oc1=O. The molecule has 1 aromatic carbocycles. The highest BCUT2D eigenvalue weighted by molar-refractivity contribution is 7.22. The molecule has 0 saturated carbocycles. The Morgan fingerprint density at radius 3 is 2.68 bits per heavy atom. The number of carbonyl (C=O) groups is 2. The summed E-state index contributed by atoms with van der Waals surface area (Å²) in [6.07, 6.45) is 0. The van der Waals surface area contributed by atoms with Crippen LogP contribution in [0.2, 0.25) is 0 Å². The van der Waals surface area contributed by atoms with Crippen LogP contribution in [-0.4, -0.2) is 18.9 Å². The topological polar surface area (TPSA) is 79.6 Å². The number of thiophene rings is 1. The minimum absolute atomic E-state index is 0.0345. The average Bonchev–Trinajstić information content (AvgIpc) is 2.95. The maximum Gasteiger partial charge on any atom is 0.347 e. The first-order valence-electron chi connectivity index (χ1n) is 7.24. The van der Waals surface area contributed by atoms with Crippen LogP contribution in [0.4, 0.5) is 19.9 Å². The Hall–Kier alpha value is -3.00. The summed E-state index contributed by atoms with van der Waals surface area (Å²) in [5.41, 5.74) is -0.132. The van der Waals surface area contributed by atoms with Gasteiger partial charge in [0.25, 0.3) is 0 Å². The number of nitrogens with zero attached hydrogens (tertiary/aromatic N) is 1. The molecule has 0 saturated heterocycles. The van der Waals surface area contributed by atoms with Crippen LogP contribution in [0.5, 0.6) is 0 Å². The van der Waals surface area contributed by atoms with Gasteiger partial charge in [0.2, 0.25) is 0 Å². The molecular formula is C17H13FN2O4S. The number of amides is 2. The molecule has 0 radical (unpaired) electrons. The van der Waals surface area contributed by atoms with Crippen molar-refractivity contribution in [3.8, 4) is 0 Å². The molecular weight excluding hydrogens is 347 g/mol. The number of hydrogen-bond donors (Lipinski definition) is 1. The van der Waals surface area contributed by atoms with Gasteiger partial charge in [0.05, 0.1) is 4.70 Å². The summed E-state index contributed by atoms with van der Waals surface area (Å²) in [6.45, 7) is 1.28.